The quantitative estimate of drug-likeness (QED) is 0.695. The lowest BCUT2D eigenvalue weighted by molar-refractivity contribution is 0.483. The van der Waals surface area contributed by atoms with Gasteiger partial charge in [-0.2, -0.15) is 0 Å². The van der Waals surface area contributed by atoms with Gasteiger partial charge in [0.2, 0.25) is 0 Å². The lowest BCUT2D eigenvalue weighted by Gasteiger charge is -2.09. The molecule has 3 aromatic rings. The lowest BCUT2D eigenvalue weighted by atomic mass is 10.2. The van der Waals surface area contributed by atoms with E-state index >= 15 is 0 Å². The molecule has 0 unspecified atom stereocenters. The molecule has 0 radical (unpaired) electrons. The van der Waals surface area contributed by atoms with E-state index in [-0.39, 0.29) is 5.82 Å². The highest BCUT2D eigenvalue weighted by Crippen LogP contribution is 2.22. The first-order valence-corrected chi connectivity index (χ1v) is 7.11. The summed E-state index contributed by atoms with van der Waals surface area (Å²) in [6.07, 6.45) is 0. The number of hydrogen-bond acceptors (Lipinski definition) is 2. The van der Waals surface area contributed by atoms with Crippen LogP contribution < -0.4 is 10.1 Å². The SMILES string of the molecule is Fc1cccc(CNc2ccc(Oc3ccccc3)cc2)c1. The van der Waals surface area contributed by atoms with Crippen molar-refractivity contribution in [1.29, 1.82) is 0 Å². The topological polar surface area (TPSA) is 21.3 Å². The molecule has 0 saturated heterocycles. The zero-order valence-electron chi connectivity index (χ0n) is 12.0. The minimum absolute atomic E-state index is 0.217. The maximum atomic E-state index is 13.1. The van der Waals surface area contributed by atoms with Crippen LogP contribution >= 0.6 is 0 Å². The van der Waals surface area contributed by atoms with Gasteiger partial charge in [-0.15, -0.1) is 0 Å². The van der Waals surface area contributed by atoms with Crippen molar-refractivity contribution in [3.8, 4) is 11.5 Å². The minimum atomic E-state index is -0.217. The average molecular weight is 293 g/mol. The van der Waals surface area contributed by atoms with Gasteiger partial charge in [-0.25, -0.2) is 4.39 Å². The van der Waals surface area contributed by atoms with Gasteiger partial charge < -0.3 is 10.1 Å². The lowest BCUT2D eigenvalue weighted by Crippen LogP contribution is -1.99. The highest BCUT2D eigenvalue weighted by Gasteiger charge is 1.99. The van der Waals surface area contributed by atoms with Crippen molar-refractivity contribution in [1.82, 2.24) is 0 Å². The van der Waals surface area contributed by atoms with Crippen LogP contribution in [-0.4, -0.2) is 0 Å². The second-order valence-electron chi connectivity index (χ2n) is 4.92. The van der Waals surface area contributed by atoms with Gasteiger partial charge >= 0.3 is 0 Å². The summed E-state index contributed by atoms with van der Waals surface area (Å²) in [5.74, 6) is 1.37. The number of ether oxygens (including phenoxy) is 1. The van der Waals surface area contributed by atoms with Crippen LogP contribution in [0.1, 0.15) is 5.56 Å². The van der Waals surface area contributed by atoms with Gasteiger partial charge in [0, 0.05) is 12.2 Å². The van der Waals surface area contributed by atoms with E-state index < -0.39 is 0 Å². The molecule has 110 valence electrons. The zero-order valence-corrected chi connectivity index (χ0v) is 12.0. The predicted octanol–water partition coefficient (Wildman–Crippen LogP) is 5.23. The Hall–Kier alpha value is -2.81. The summed E-state index contributed by atoms with van der Waals surface area (Å²) in [6.45, 7) is 0.580. The molecule has 0 spiro atoms. The van der Waals surface area contributed by atoms with Crippen molar-refractivity contribution in [2.24, 2.45) is 0 Å². The summed E-state index contributed by atoms with van der Waals surface area (Å²) < 4.78 is 18.8. The van der Waals surface area contributed by atoms with Gasteiger partial charge in [-0.1, -0.05) is 30.3 Å². The van der Waals surface area contributed by atoms with E-state index in [0.29, 0.717) is 6.54 Å². The van der Waals surface area contributed by atoms with Crippen molar-refractivity contribution in [2.45, 2.75) is 6.54 Å². The Labute approximate surface area is 129 Å². The summed E-state index contributed by atoms with van der Waals surface area (Å²) in [6, 6.07) is 23.9. The summed E-state index contributed by atoms with van der Waals surface area (Å²) in [5.41, 5.74) is 1.87. The van der Waals surface area contributed by atoms with Crippen LogP contribution in [0, 0.1) is 5.82 Å². The Morgan fingerprint density at radius 1 is 0.773 bits per heavy atom. The van der Waals surface area contributed by atoms with Crippen molar-refractivity contribution in [2.75, 3.05) is 5.32 Å². The normalized spacial score (nSPS) is 10.2. The number of hydrogen-bond donors (Lipinski definition) is 1. The minimum Gasteiger partial charge on any atom is -0.457 e. The molecule has 0 aliphatic heterocycles. The van der Waals surface area contributed by atoms with Gasteiger partial charge in [0.25, 0.3) is 0 Å². The van der Waals surface area contributed by atoms with Gasteiger partial charge in [-0.05, 0) is 54.1 Å². The highest BCUT2D eigenvalue weighted by molar-refractivity contribution is 5.47. The first-order chi connectivity index (χ1) is 10.8. The largest absolute Gasteiger partial charge is 0.457 e. The van der Waals surface area contributed by atoms with Crippen LogP contribution in [0.25, 0.3) is 0 Å². The molecule has 3 rings (SSSR count). The molecule has 3 aromatic carbocycles. The first kappa shape index (κ1) is 14.1. The van der Waals surface area contributed by atoms with Crippen LogP contribution in [-0.2, 0) is 6.54 Å². The number of nitrogens with one attached hydrogen (secondary N) is 1. The third-order valence-electron chi connectivity index (χ3n) is 3.22. The number of rotatable bonds is 5. The number of para-hydroxylation sites is 1. The molecule has 0 amide bonds. The Morgan fingerprint density at radius 3 is 2.23 bits per heavy atom. The van der Waals surface area contributed by atoms with E-state index in [2.05, 4.69) is 5.32 Å². The van der Waals surface area contributed by atoms with Crippen molar-refractivity contribution in [3.05, 3.63) is 90.2 Å². The van der Waals surface area contributed by atoms with E-state index in [9.17, 15) is 4.39 Å². The number of benzene rings is 3. The van der Waals surface area contributed by atoms with Crippen LogP contribution in [0.3, 0.4) is 0 Å². The fourth-order valence-electron chi connectivity index (χ4n) is 2.12. The molecule has 0 aromatic heterocycles. The summed E-state index contributed by atoms with van der Waals surface area (Å²) in [4.78, 5) is 0. The Morgan fingerprint density at radius 2 is 1.50 bits per heavy atom. The first-order valence-electron chi connectivity index (χ1n) is 7.11. The number of anilines is 1. The summed E-state index contributed by atoms with van der Waals surface area (Å²) in [5, 5.41) is 3.26. The zero-order chi connectivity index (χ0) is 15.2. The number of halogens is 1. The second-order valence-corrected chi connectivity index (χ2v) is 4.92. The molecule has 0 aliphatic carbocycles. The molecule has 0 fully saturated rings. The second kappa shape index (κ2) is 6.76. The molecule has 0 atom stereocenters. The van der Waals surface area contributed by atoms with Crippen LogP contribution in [0.4, 0.5) is 10.1 Å². The van der Waals surface area contributed by atoms with Crippen molar-refractivity contribution in [3.63, 3.8) is 0 Å². The third-order valence-corrected chi connectivity index (χ3v) is 3.22. The van der Waals surface area contributed by atoms with Crippen LogP contribution in [0.5, 0.6) is 11.5 Å². The van der Waals surface area contributed by atoms with Crippen LogP contribution in [0.15, 0.2) is 78.9 Å². The predicted molar refractivity (Wildman–Crippen MR) is 86.7 cm³/mol. The average Bonchev–Trinajstić information content (AvgIpc) is 2.55. The highest BCUT2D eigenvalue weighted by atomic mass is 19.1. The molecular weight excluding hydrogens is 277 g/mol. The summed E-state index contributed by atoms with van der Waals surface area (Å²) in [7, 11) is 0. The molecular formula is C19H16FNO. The van der Waals surface area contributed by atoms with Crippen molar-refractivity contribution < 1.29 is 9.13 Å². The van der Waals surface area contributed by atoms with E-state index in [1.54, 1.807) is 6.07 Å². The Bertz CT molecular complexity index is 726. The molecule has 2 nitrogen and oxygen atoms in total. The molecule has 0 saturated carbocycles. The van der Waals surface area contributed by atoms with Crippen LogP contribution in [0.2, 0.25) is 0 Å². The Kier molecular flexibility index (Phi) is 4.35. The smallest absolute Gasteiger partial charge is 0.127 e. The van der Waals surface area contributed by atoms with Crippen molar-refractivity contribution >= 4 is 5.69 Å². The fourth-order valence-corrected chi connectivity index (χ4v) is 2.12. The molecule has 22 heavy (non-hydrogen) atoms. The third kappa shape index (κ3) is 3.85. The summed E-state index contributed by atoms with van der Waals surface area (Å²) >= 11 is 0. The fraction of sp³-hybridized carbons (Fsp3) is 0.0526. The maximum Gasteiger partial charge on any atom is 0.127 e. The van der Waals surface area contributed by atoms with Gasteiger partial charge in [-0.3, -0.25) is 0 Å². The van der Waals surface area contributed by atoms with Gasteiger partial charge in [0.1, 0.15) is 17.3 Å². The molecule has 0 bridgehead atoms. The molecule has 3 heteroatoms. The molecule has 0 aliphatic rings. The van der Waals surface area contributed by atoms with E-state index in [1.165, 1.54) is 12.1 Å². The maximum absolute atomic E-state index is 13.1. The standard InChI is InChI=1S/C19H16FNO/c20-16-6-4-5-15(13-16)14-21-17-9-11-19(12-10-17)22-18-7-2-1-3-8-18/h1-13,21H,14H2. The van der Waals surface area contributed by atoms with Gasteiger partial charge in [0.05, 0.1) is 0 Å². The monoisotopic (exact) mass is 293 g/mol. The molecule has 1 N–H and O–H groups in total. The van der Waals surface area contributed by atoms with E-state index in [0.717, 1.165) is 22.7 Å². The Balaban J connectivity index is 1.60. The molecule has 0 heterocycles. The van der Waals surface area contributed by atoms with E-state index in [4.69, 9.17) is 4.74 Å². The van der Waals surface area contributed by atoms with Gasteiger partial charge in [0.15, 0.2) is 0 Å². The van der Waals surface area contributed by atoms with E-state index in [1.807, 2.05) is 60.7 Å².